The first-order valence-electron chi connectivity index (χ1n) is 8.93. The quantitative estimate of drug-likeness (QED) is 0.334. The van der Waals surface area contributed by atoms with Gasteiger partial charge in [-0.25, -0.2) is 4.98 Å². The Morgan fingerprint density at radius 1 is 1.21 bits per heavy atom. The molecule has 0 aliphatic rings. The molecule has 0 unspecified atom stereocenters. The molecule has 7 nitrogen and oxygen atoms in total. The van der Waals surface area contributed by atoms with E-state index in [9.17, 15) is 4.79 Å². The molecular formula is C21H18BrN5O2. The van der Waals surface area contributed by atoms with Gasteiger partial charge in [-0.3, -0.25) is 14.6 Å². The first-order chi connectivity index (χ1) is 14.1. The van der Waals surface area contributed by atoms with Gasteiger partial charge in [0.15, 0.2) is 0 Å². The number of hydrogen-bond acceptors (Lipinski definition) is 6. The number of aryl methyl sites for hydroxylation is 1. The topological polar surface area (TPSA) is 83.9 Å². The molecule has 1 aromatic carbocycles. The third kappa shape index (κ3) is 4.38. The molecule has 0 spiro atoms. The number of pyridine rings is 1. The molecule has 29 heavy (non-hydrogen) atoms. The average molecular weight is 452 g/mol. The highest BCUT2D eigenvalue weighted by Gasteiger charge is 2.12. The molecule has 4 rings (SSSR count). The van der Waals surface area contributed by atoms with E-state index in [4.69, 9.17) is 4.42 Å². The summed E-state index contributed by atoms with van der Waals surface area (Å²) in [6.07, 6.45) is 6.51. The van der Waals surface area contributed by atoms with Gasteiger partial charge in [-0.1, -0.05) is 22.0 Å². The Morgan fingerprint density at radius 2 is 2.03 bits per heavy atom. The summed E-state index contributed by atoms with van der Waals surface area (Å²) in [6.45, 7) is 2.41. The second-order valence-electron chi connectivity index (χ2n) is 6.48. The predicted molar refractivity (Wildman–Crippen MR) is 118 cm³/mol. The molecule has 0 saturated carbocycles. The Bertz CT molecular complexity index is 1210. The minimum Gasteiger partial charge on any atom is -0.472 e. The number of anilines is 2. The molecule has 3 heterocycles. The van der Waals surface area contributed by atoms with Crippen molar-refractivity contribution in [3.05, 3.63) is 92.7 Å². The van der Waals surface area contributed by atoms with Crippen molar-refractivity contribution >= 4 is 39.3 Å². The molecule has 4 aromatic rings. The number of rotatable bonds is 6. The molecule has 0 aliphatic carbocycles. The lowest BCUT2D eigenvalue weighted by Crippen LogP contribution is -2.22. The number of halogens is 1. The molecule has 3 aromatic heterocycles. The Kier molecular flexibility index (Phi) is 5.44. The summed E-state index contributed by atoms with van der Waals surface area (Å²) in [6, 6.07) is 13.2. The predicted octanol–water partition coefficient (Wildman–Crippen LogP) is 4.42. The van der Waals surface area contributed by atoms with E-state index in [0.717, 1.165) is 21.3 Å². The van der Waals surface area contributed by atoms with Crippen molar-refractivity contribution in [2.24, 2.45) is 5.10 Å². The van der Waals surface area contributed by atoms with Crippen molar-refractivity contribution in [1.82, 2.24) is 9.38 Å². The van der Waals surface area contributed by atoms with Crippen LogP contribution in [0.4, 0.5) is 11.5 Å². The van der Waals surface area contributed by atoms with Gasteiger partial charge < -0.3 is 9.73 Å². The fraction of sp³-hybridized carbons (Fsp3) is 0.0952. The number of nitrogens with zero attached hydrogens (tertiary/aromatic N) is 3. The van der Waals surface area contributed by atoms with Crippen molar-refractivity contribution in [2.45, 2.75) is 13.5 Å². The number of benzene rings is 1. The number of hydrogen-bond donors (Lipinski definition) is 2. The van der Waals surface area contributed by atoms with Gasteiger partial charge in [-0.15, -0.1) is 0 Å². The van der Waals surface area contributed by atoms with Gasteiger partial charge in [-0.2, -0.15) is 5.10 Å². The maximum Gasteiger partial charge on any atom is 0.268 e. The summed E-state index contributed by atoms with van der Waals surface area (Å²) < 4.78 is 7.60. The summed E-state index contributed by atoms with van der Waals surface area (Å²) in [4.78, 5) is 17.7. The van der Waals surface area contributed by atoms with Crippen LogP contribution in [0, 0.1) is 6.92 Å². The largest absolute Gasteiger partial charge is 0.472 e. The molecule has 0 bridgehead atoms. The van der Waals surface area contributed by atoms with E-state index < -0.39 is 0 Å². The number of furan rings is 1. The minimum atomic E-state index is -0.199. The van der Waals surface area contributed by atoms with Crippen molar-refractivity contribution in [3.8, 4) is 0 Å². The van der Waals surface area contributed by atoms with E-state index >= 15 is 0 Å². The second kappa shape index (κ2) is 8.32. The van der Waals surface area contributed by atoms with E-state index in [1.807, 2.05) is 49.4 Å². The van der Waals surface area contributed by atoms with E-state index in [-0.39, 0.29) is 5.56 Å². The van der Waals surface area contributed by atoms with Gasteiger partial charge in [-0.05, 0) is 48.9 Å². The zero-order valence-corrected chi connectivity index (χ0v) is 17.2. The third-order valence-electron chi connectivity index (χ3n) is 4.28. The van der Waals surface area contributed by atoms with Crippen LogP contribution < -0.4 is 16.3 Å². The summed E-state index contributed by atoms with van der Waals surface area (Å²) in [7, 11) is 0. The van der Waals surface area contributed by atoms with E-state index in [0.29, 0.717) is 23.6 Å². The summed E-state index contributed by atoms with van der Waals surface area (Å²) in [5, 5.41) is 7.44. The molecule has 0 saturated heterocycles. The molecule has 2 N–H and O–H groups in total. The Balaban J connectivity index is 1.69. The van der Waals surface area contributed by atoms with Crippen molar-refractivity contribution in [1.29, 1.82) is 0 Å². The first-order valence-corrected chi connectivity index (χ1v) is 9.72. The highest BCUT2D eigenvalue weighted by molar-refractivity contribution is 9.10. The van der Waals surface area contributed by atoms with Crippen LogP contribution in [-0.2, 0) is 6.54 Å². The van der Waals surface area contributed by atoms with Crippen LogP contribution in [0.25, 0.3) is 5.65 Å². The molecule has 8 heteroatoms. The lowest BCUT2D eigenvalue weighted by Gasteiger charge is -2.10. The monoisotopic (exact) mass is 451 g/mol. The third-order valence-corrected chi connectivity index (χ3v) is 4.81. The van der Waals surface area contributed by atoms with Crippen LogP contribution in [0.3, 0.4) is 0 Å². The number of hydrazone groups is 1. The van der Waals surface area contributed by atoms with Crippen molar-refractivity contribution in [3.63, 3.8) is 0 Å². The summed E-state index contributed by atoms with van der Waals surface area (Å²) in [5.74, 6) is 0.460. The maximum absolute atomic E-state index is 13.1. The molecule has 0 fully saturated rings. The number of nitrogens with one attached hydrogen (secondary N) is 2. The SMILES string of the molecule is Cc1ccc2nc(NCc3ccoc3)c(/C=N\Nc3ccc(Br)cc3)c(=O)n2c1. The van der Waals surface area contributed by atoms with Gasteiger partial charge in [0.25, 0.3) is 5.56 Å². The fourth-order valence-electron chi connectivity index (χ4n) is 2.78. The molecular weight excluding hydrogens is 434 g/mol. The number of fused-ring (bicyclic) bond motifs is 1. The van der Waals surface area contributed by atoms with Gasteiger partial charge in [0.1, 0.15) is 17.0 Å². The standard InChI is InChI=1S/C21H18BrN5O2/c1-14-2-7-19-25-20(23-10-15-8-9-29-13-15)18(21(28)27(19)12-14)11-24-26-17-5-3-16(22)4-6-17/h2-9,11-13,23,26H,10H2,1H3/b24-11-. The zero-order valence-electron chi connectivity index (χ0n) is 15.6. The lowest BCUT2D eigenvalue weighted by molar-refractivity contribution is 0.564. The fourth-order valence-corrected chi connectivity index (χ4v) is 3.05. The molecule has 0 radical (unpaired) electrons. The van der Waals surface area contributed by atoms with E-state index in [2.05, 4.69) is 36.8 Å². The van der Waals surface area contributed by atoms with Crippen LogP contribution in [0.1, 0.15) is 16.7 Å². The van der Waals surface area contributed by atoms with Crippen LogP contribution in [0.5, 0.6) is 0 Å². The molecule has 0 amide bonds. The highest BCUT2D eigenvalue weighted by atomic mass is 79.9. The van der Waals surface area contributed by atoms with Gasteiger partial charge in [0.2, 0.25) is 0 Å². The van der Waals surface area contributed by atoms with E-state index in [1.54, 1.807) is 18.7 Å². The van der Waals surface area contributed by atoms with Crippen LogP contribution in [0.2, 0.25) is 0 Å². The second-order valence-corrected chi connectivity index (χ2v) is 7.39. The van der Waals surface area contributed by atoms with Crippen LogP contribution >= 0.6 is 15.9 Å². The maximum atomic E-state index is 13.1. The molecule has 146 valence electrons. The Morgan fingerprint density at radius 3 is 2.79 bits per heavy atom. The normalized spacial score (nSPS) is 11.2. The van der Waals surface area contributed by atoms with Gasteiger partial charge in [0.05, 0.1) is 24.4 Å². The zero-order chi connectivity index (χ0) is 20.2. The first kappa shape index (κ1) is 18.9. The van der Waals surface area contributed by atoms with Crippen LogP contribution in [-0.4, -0.2) is 15.6 Å². The van der Waals surface area contributed by atoms with Crippen molar-refractivity contribution in [2.75, 3.05) is 10.7 Å². The average Bonchev–Trinajstić information content (AvgIpc) is 3.24. The minimum absolute atomic E-state index is 0.199. The highest BCUT2D eigenvalue weighted by Crippen LogP contribution is 2.15. The summed E-state index contributed by atoms with van der Waals surface area (Å²) in [5.41, 5.74) is 6.39. The van der Waals surface area contributed by atoms with Crippen molar-refractivity contribution < 1.29 is 4.42 Å². The molecule has 0 aliphatic heterocycles. The van der Waals surface area contributed by atoms with Gasteiger partial charge in [0, 0.05) is 22.8 Å². The van der Waals surface area contributed by atoms with Crippen LogP contribution in [0.15, 0.2) is 80.0 Å². The van der Waals surface area contributed by atoms with E-state index in [1.165, 1.54) is 10.6 Å². The smallest absolute Gasteiger partial charge is 0.268 e. The number of aromatic nitrogens is 2. The summed E-state index contributed by atoms with van der Waals surface area (Å²) >= 11 is 3.40. The van der Waals surface area contributed by atoms with Gasteiger partial charge >= 0.3 is 0 Å². The Hall–Kier alpha value is -3.39. The lowest BCUT2D eigenvalue weighted by atomic mass is 10.2. The molecule has 0 atom stereocenters. The Labute approximate surface area is 175 Å².